The fourth-order valence-corrected chi connectivity index (χ4v) is 8.55. The van der Waals surface area contributed by atoms with Crippen LogP contribution in [0.2, 0.25) is 15.1 Å². The third-order valence-corrected chi connectivity index (χ3v) is 11.0. The van der Waals surface area contributed by atoms with E-state index in [9.17, 15) is 19.2 Å². The molecule has 8 nitrogen and oxygen atoms in total. The van der Waals surface area contributed by atoms with Gasteiger partial charge in [0.25, 0.3) is 0 Å². The number of carbonyl (C=O) groups is 3. The highest BCUT2D eigenvalue weighted by Gasteiger charge is 2.56. The third-order valence-electron chi connectivity index (χ3n) is 7.41. The number of hydrogen-bond donors (Lipinski definition) is 1. The van der Waals surface area contributed by atoms with Gasteiger partial charge < -0.3 is 10.2 Å². The molecule has 3 heterocycles. The number of halogens is 3. The highest BCUT2D eigenvalue weighted by Crippen LogP contribution is 2.54. The Labute approximate surface area is 270 Å². The zero-order valence-corrected chi connectivity index (χ0v) is 26.6. The van der Waals surface area contributed by atoms with Gasteiger partial charge in [-0.3, -0.25) is 23.7 Å². The molecular formula is C30H23Cl3N4O4S2. The number of nitrogens with zero attached hydrogens (tertiary/aromatic N) is 3. The maximum Gasteiger partial charge on any atom is 0.308 e. The Morgan fingerprint density at radius 1 is 0.907 bits per heavy atom. The summed E-state index contributed by atoms with van der Waals surface area (Å²) in [4.78, 5) is 57.8. The summed E-state index contributed by atoms with van der Waals surface area (Å²) in [6.07, 6.45) is 0. The monoisotopic (exact) mass is 672 g/mol. The highest BCUT2D eigenvalue weighted by molar-refractivity contribution is 8.00. The lowest BCUT2D eigenvalue weighted by Gasteiger charge is -2.31. The van der Waals surface area contributed by atoms with Gasteiger partial charge >= 0.3 is 4.87 Å². The number of fused-ring (bicyclic) bond motifs is 2. The second-order valence-electron chi connectivity index (χ2n) is 10.3. The van der Waals surface area contributed by atoms with E-state index in [0.29, 0.717) is 31.3 Å². The van der Waals surface area contributed by atoms with Crippen molar-refractivity contribution in [2.24, 2.45) is 5.92 Å². The molecule has 13 heteroatoms. The Hall–Kier alpha value is -3.28. The molecule has 3 atom stereocenters. The number of amides is 3. The van der Waals surface area contributed by atoms with E-state index in [2.05, 4.69) is 5.32 Å². The molecule has 6 rings (SSSR count). The second kappa shape index (κ2) is 11.7. The van der Waals surface area contributed by atoms with Crippen molar-refractivity contribution < 1.29 is 14.4 Å². The Balaban J connectivity index is 1.40. The molecule has 3 unspecified atom stereocenters. The Bertz CT molecular complexity index is 1820. The molecular weight excluding hydrogens is 651 g/mol. The van der Waals surface area contributed by atoms with Crippen molar-refractivity contribution in [2.75, 3.05) is 29.2 Å². The van der Waals surface area contributed by atoms with Crippen LogP contribution in [0.4, 0.5) is 17.1 Å². The van der Waals surface area contributed by atoms with Gasteiger partial charge in [-0.1, -0.05) is 70.0 Å². The predicted octanol–water partition coefficient (Wildman–Crippen LogP) is 6.37. The SMILES string of the molecule is CN(C)c1ccc(C2c3sc(=O)n(CC(=O)Nc4ccc(Cl)c(Cl)c4)c3SC3C(=O)N(c4ccc(Cl)cc4)C(=O)C32)cc1. The zero-order chi connectivity index (χ0) is 30.6. The number of hydrogen-bond acceptors (Lipinski definition) is 7. The number of thiazole rings is 1. The molecule has 1 N–H and O–H groups in total. The van der Waals surface area contributed by atoms with Crippen LogP contribution in [-0.2, 0) is 20.9 Å². The topological polar surface area (TPSA) is 91.7 Å². The first-order valence-corrected chi connectivity index (χ1v) is 15.9. The molecule has 2 aliphatic rings. The van der Waals surface area contributed by atoms with Crippen LogP contribution < -0.4 is 20.0 Å². The van der Waals surface area contributed by atoms with Gasteiger partial charge in [0.15, 0.2) is 0 Å². The molecule has 1 fully saturated rings. The third kappa shape index (κ3) is 5.47. The summed E-state index contributed by atoms with van der Waals surface area (Å²) in [5.41, 5.74) is 2.62. The van der Waals surface area contributed by atoms with Crippen LogP contribution in [0, 0.1) is 5.92 Å². The molecule has 220 valence electrons. The summed E-state index contributed by atoms with van der Waals surface area (Å²) in [5.74, 6) is -2.49. The minimum absolute atomic E-state index is 0.281. The first kappa shape index (κ1) is 29.8. The van der Waals surface area contributed by atoms with Crippen molar-refractivity contribution in [3.8, 4) is 0 Å². The molecule has 43 heavy (non-hydrogen) atoms. The van der Waals surface area contributed by atoms with E-state index >= 15 is 0 Å². The summed E-state index contributed by atoms with van der Waals surface area (Å²) < 4.78 is 1.37. The maximum atomic E-state index is 14.0. The summed E-state index contributed by atoms with van der Waals surface area (Å²) in [6, 6.07) is 19.0. The van der Waals surface area contributed by atoms with Crippen molar-refractivity contribution in [1.82, 2.24) is 4.57 Å². The van der Waals surface area contributed by atoms with Gasteiger partial charge in [0.05, 0.1) is 26.7 Å². The van der Waals surface area contributed by atoms with Crippen LogP contribution in [0.1, 0.15) is 16.4 Å². The predicted molar refractivity (Wildman–Crippen MR) is 173 cm³/mol. The van der Waals surface area contributed by atoms with E-state index in [1.807, 2.05) is 43.3 Å². The minimum Gasteiger partial charge on any atom is -0.378 e. The van der Waals surface area contributed by atoms with Gasteiger partial charge in [-0.15, -0.1) is 0 Å². The lowest BCUT2D eigenvalue weighted by atomic mass is 9.83. The van der Waals surface area contributed by atoms with Gasteiger partial charge in [0.1, 0.15) is 11.8 Å². The van der Waals surface area contributed by atoms with Crippen LogP contribution >= 0.6 is 57.9 Å². The maximum absolute atomic E-state index is 14.0. The van der Waals surface area contributed by atoms with Gasteiger partial charge in [0.2, 0.25) is 17.7 Å². The lowest BCUT2D eigenvalue weighted by Crippen LogP contribution is -2.33. The van der Waals surface area contributed by atoms with Crippen LogP contribution in [0.3, 0.4) is 0 Å². The Kier molecular flexibility index (Phi) is 8.08. The van der Waals surface area contributed by atoms with Crippen molar-refractivity contribution >= 4 is 92.7 Å². The number of imide groups is 1. The van der Waals surface area contributed by atoms with Crippen molar-refractivity contribution in [2.45, 2.75) is 22.7 Å². The highest BCUT2D eigenvalue weighted by atomic mass is 35.5. The fraction of sp³-hybridized carbons (Fsp3) is 0.200. The van der Waals surface area contributed by atoms with Crippen molar-refractivity contribution in [3.05, 3.63) is 102 Å². The molecule has 3 aromatic carbocycles. The van der Waals surface area contributed by atoms with Crippen LogP contribution in [-0.4, -0.2) is 41.6 Å². The van der Waals surface area contributed by atoms with Gasteiger partial charge in [-0.2, -0.15) is 0 Å². The fourth-order valence-electron chi connectivity index (χ4n) is 5.36. The van der Waals surface area contributed by atoms with Gasteiger partial charge in [0, 0.05) is 41.3 Å². The number of anilines is 3. The number of thioether (sulfide) groups is 1. The zero-order valence-electron chi connectivity index (χ0n) is 22.7. The van der Waals surface area contributed by atoms with Crippen molar-refractivity contribution in [1.29, 1.82) is 0 Å². The molecule has 3 amide bonds. The molecule has 0 spiro atoms. The Morgan fingerprint density at radius 2 is 1.60 bits per heavy atom. The van der Waals surface area contributed by atoms with Gasteiger partial charge in [-0.25, -0.2) is 4.90 Å². The normalized spacial score (nSPS) is 19.3. The second-order valence-corrected chi connectivity index (χ2v) is 13.7. The average Bonchev–Trinajstić information content (AvgIpc) is 3.41. The molecule has 0 aliphatic carbocycles. The first-order valence-electron chi connectivity index (χ1n) is 13.1. The van der Waals surface area contributed by atoms with E-state index in [1.54, 1.807) is 36.4 Å². The summed E-state index contributed by atoms with van der Waals surface area (Å²) >= 11 is 20.3. The smallest absolute Gasteiger partial charge is 0.308 e. The lowest BCUT2D eigenvalue weighted by molar-refractivity contribution is -0.122. The molecule has 1 aromatic heterocycles. The molecule has 1 saturated heterocycles. The number of nitrogens with one attached hydrogen (secondary N) is 1. The van der Waals surface area contributed by atoms with E-state index in [1.165, 1.54) is 15.5 Å². The first-order chi connectivity index (χ1) is 20.5. The molecule has 4 aromatic rings. The van der Waals surface area contributed by atoms with Gasteiger partial charge in [-0.05, 0) is 60.2 Å². The summed E-state index contributed by atoms with van der Waals surface area (Å²) in [5, 5.41) is 3.56. The van der Waals surface area contributed by atoms with Crippen LogP contribution in [0.15, 0.2) is 76.6 Å². The molecule has 2 aliphatic heterocycles. The van der Waals surface area contributed by atoms with Crippen LogP contribution in [0.5, 0.6) is 0 Å². The van der Waals surface area contributed by atoms with Crippen LogP contribution in [0.25, 0.3) is 0 Å². The number of aromatic nitrogens is 1. The minimum atomic E-state index is -0.799. The van der Waals surface area contributed by atoms with Crippen molar-refractivity contribution in [3.63, 3.8) is 0 Å². The number of benzene rings is 3. The molecule has 0 radical (unpaired) electrons. The van der Waals surface area contributed by atoms with E-state index in [4.69, 9.17) is 34.8 Å². The quantitative estimate of drug-likeness (QED) is 0.239. The number of rotatable bonds is 6. The largest absolute Gasteiger partial charge is 0.378 e. The molecule has 0 bridgehead atoms. The summed E-state index contributed by atoms with van der Waals surface area (Å²) in [6.45, 7) is -0.287. The van der Waals surface area contributed by atoms with E-state index < -0.39 is 23.0 Å². The van der Waals surface area contributed by atoms with E-state index in [-0.39, 0.29) is 28.3 Å². The standard InChI is InChI=1S/C30H23Cl3N4O4S2/c1-35(2)18-8-3-15(4-9-18)23-24-25(28(40)37(27(24)39)19-10-5-16(31)6-11-19)42-29-26(23)43-30(41)36(29)14-22(38)34-17-7-12-20(32)21(33)13-17/h3-13,23-25H,14H2,1-2H3,(H,34,38). The molecule has 0 saturated carbocycles. The number of carbonyl (C=O) groups excluding carboxylic acids is 3. The van der Waals surface area contributed by atoms with E-state index in [0.717, 1.165) is 34.3 Å². The Morgan fingerprint density at radius 3 is 2.26 bits per heavy atom. The average molecular weight is 674 g/mol. The summed E-state index contributed by atoms with van der Waals surface area (Å²) in [7, 11) is 3.86.